The van der Waals surface area contributed by atoms with Crippen LogP contribution < -0.4 is 5.32 Å². The van der Waals surface area contributed by atoms with E-state index in [1.165, 1.54) is 0 Å². The minimum Gasteiger partial charge on any atom is -0.338 e. The van der Waals surface area contributed by atoms with Crippen LogP contribution in [-0.4, -0.2) is 11.1 Å². The van der Waals surface area contributed by atoms with Gasteiger partial charge in [0.05, 0.1) is 5.69 Å². The molecule has 1 aromatic rings. The molecule has 0 spiro atoms. The van der Waals surface area contributed by atoms with Gasteiger partial charge in [-0.15, -0.1) is 0 Å². The lowest BCUT2D eigenvalue weighted by molar-refractivity contribution is -0.116. The topological polar surface area (TPSA) is 55.1 Å². The van der Waals surface area contributed by atoms with Gasteiger partial charge < -0.3 is 4.52 Å². The molecule has 1 N–H and O–H groups in total. The smallest absolute Gasteiger partial charge is 0.234 e. The van der Waals surface area contributed by atoms with E-state index in [-0.39, 0.29) is 5.91 Å². The average molecular weight is 194 g/mol. The summed E-state index contributed by atoms with van der Waals surface area (Å²) in [7, 11) is 0. The van der Waals surface area contributed by atoms with Crippen molar-refractivity contribution in [3.63, 3.8) is 0 Å². The van der Waals surface area contributed by atoms with E-state index in [1.807, 2.05) is 6.92 Å². The third kappa shape index (κ3) is 1.64. The zero-order valence-corrected chi connectivity index (χ0v) is 8.30. The number of nitrogens with zero attached hydrogens (tertiary/aromatic N) is 1. The van der Waals surface area contributed by atoms with Crippen molar-refractivity contribution in [2.24, 2.45) is 0 Å². The third-order valence-electron chi connectivity index (χ3n) is 2.44. The van der Waals surface area contributed by atoms with Crippen LogP contribution in [0.15, 0.2) is 4.52 Å². The summed E-state index contributed by atoms with van der Waals surface area (Å²) >= 11 is 0. The van der Waals surface area contributed by atoms with Crippen molar-refractivity contribution in [1.82, 2.24) is 5.16 Å². The lowest BCUT2D eigenvalue weighted by atomic mass is 10.2. The largest absolute Gasteiger partial charge is 0.338 e. The zero-order valence-electron chi connectivity index (χ0n) is 8.30. The lowest BCUT2D eigenvalue weighted by Gasteiger charge is -2.00. The van der Waals surface area contributed by atoms with Gasteiger partial charge in [0.1, 0.15) is 0 Å². The first kappa shape index (κ1) is 9.24. The van der Waals surface area contributed by atoms with Gasteiger partial charge in [0, 0.05) is 12.0 Å². The van der Waals surface area contributed by atoms with Gasteiger partial charge in [-0.3, -0.25) is 10.1 Å². The number of carbonyl (C=O) groups excluding carboxylic acids is 1. The molecule has 1 heterocycles. The molecule has 4 nitrogen and oxygen atoms in total. The first-order valence-corrected chi connectivity index (χ1v) is 5.08. The first-order valence-electron chi connectivity index (χ1n) is 5.08. The fourth-order valence-electron chi connectivity index (χ4n) is 1.74. The highest BCUT2D eigenvalue weighted by Crippen LogP contribution is 2.28. The predicted octanol–water partition coefficient (Wildman–Crippen LogP) is 1.90. The molecule has 1 aromatic heterocycles. The normalized spacial score (nSPS) is 14.1. The first-order chi connectivity index (χ1) is 6.81. The Morgan fingerprint density at radius 1 is 1.57 bits per heavy atom. The summed E-state index contributed by atoms with van der Waals surface area (Å²) in [5.41, 5.74) is 2.10. The van der Waals surface area contributed by atoms with Crippen LogP contribution in [0, 0.1) is 0 Å². The van der Waals surface area contributed by atoms with Crippen molar-refractivity contribution in [2.45, 2.75) is 39.0 Å². The number of carbonyl (C=O) groups is 1. The van der Waals surface area contributed by atoms with Crippen LogP contribution >= 0.6 is 0 Å². The Kier molecular flexibility index (Phi) is 2.52. The number of anilines is 1. The van der Waals surface area contributed by atoms with Gasteiger partial charge in [-0.05, 0) is 25.7 Å². The van der Waals surface area contributed by atoms with E-state index in [1.54, 1.807) is 0 Å². The highest BCUT2D eigenvalue weighted by Gasteiger charge is 2.21. The molecule has 0 saturated heterocycles. The monoisotopic (exact) mass is 194 g/mol. The predicted molar refractivity (Wildman–Crippen MR) is 52.1 cm³/mol. The van der Waals surface area contributed by atoms with E-state index in [9.17, 15) is 4.79 Å². The quantitative estimate of drug-likeness (QED) is 0.799. The van der Waals surface area contributed by atoms with Crippen molar-refractivity contribution < 1.29 is 9.32 Å². The minimum absolute atomic E-state index is 0.0124. The molecule has 14 heavy (non-hydrogen) atoms. The molecule has 0 radical (unpaired) electrons. The van der Waals surface area contributed by atoms with Crippen LogP contribution in [0.25, 0.3) is 0 Å². The Balaban J connectivity index is 2.06. The number of nitrogens with one attached hydrogen (secondary N) is 1. The second-order valence-electron chi connectivity index (χ2n) is 3.59. The zero-order chi connectivity index (χ0) is 9.97. The number of fused-ring (bicyclic) bond motifs is 1. The number of rotatable bonds is 3. The van der Waals surface area contributed by atoms with E-state index >= 15 is 0 Å². The Bertz CT molecular complexity index is 344. The summed E-state index contributed by atoms with van der Waals surface area (Å²) in [6, 6.07) is 0. The molecule has 0 aromatic carbocycles. The molecule has 1 aliphatic carbocycles. The molecular weight excluding hydrogens is 180 g/mol. The SMILES string of the molecule is CCCC(=O)Nc1onc2c1CCC2. The van der Waals surface area contributed by atoms with Gasteiger partial charge in [0.2, 0.25) is 11.8 Å². The van der Waals surface area contributed by atoms with E-state index < -0.39 is 0 Å². The highest BCUT2D eigenvalue weighted by molar-refractivity contribution is 5.90. The summed E-state index contributed by atoms with van der Waals surface area (Å²) in [6.07, 6.45) is 4.45. The van der Waals surface area contributed by atoms with E-state index in [0.29, 0.717) is 12.3 Å². The molecule has 0 atom stereocenters. The summed E-state index contributed by atoms with van der Waals surface area (Å²) in [6.45, 7) is 1.98. The molecule has 0 fully saturated rings. The van der Waals surface area contributed by atoms with Crippen LogP contribution in [0.2, 0.25) is 0 Å². The number of aromatic nitrogens is 1. The summed E-state index contributed by atoms with van der Waals surface area (Å²) in [4.78, 5) is 11.3. The molecule has 2 rings (SSSR count). The Morgan fingerprint density at radius 2 is 2.43 bits per heavy atom. The standard InChI is InChI=1S/C10H14N2O2/c1-2-4-9(13)11-10-7-5-3-6-8(7)12-14-10/h2-6H2,1H3,(H,11,13). The fourth-order valence-corrected chi connectivity index (χ4v) is 1.74. The molecule has 0 aliphatic heterocycles. The van der Waals surface area contributed by atoms with Crippen molar-refractivity contribution >= 4 is 11.8 Å². The fraction of sp³-hybridized carbons (Fsp3) is 0.600. The number of aryl methyl sites for hydroxylation is 1. The van der Waals surface area contributed by atoms with Crippen molar-refractivity contribution in [3.8, 4) is 0 Å². The summed E-state index contributed by atoms with van der Waals surface area (Å²) < 4.78 is 5.07. The van der Waals surface area contributed by atoms with E-state index in [2.05, 4.69) is 10.5 Å². The molecule has 1 amide bonds. The highest BCUT2D eigenvalue weighted by atomic mass is 16.5. The Morgan fingerprint density at radius 3 is 3.21 bits per heavy atom. The second-order valence-corrected chi connectivity index (χ2v) is 3.59. The van der Waals surface area contributed by atoms with E-state index in [0.717, 1.165) is 36.9 Å². The van der Waals surface area contributed by atoms with E-state index in [4.69, 9.17) is 4.52 Å². The van der Waals surface area contributed by atoms with Crippen LogP contribution in [0.5, 0.6) is 0 Å². The molecular formula is C10H14N2O2. The van der Waals surface area contributed by atoms with Crippen molar-refractivity contribution in [3.05, 3.63) is 11.3 Å². The van der Waals surface area contributed by atoms with Crippen LogP contribution in [-0.2, 0) is 17.6 Å². The van der Waals surface area contributed by atoms with Crippen LogP contribution in [0.3, 0.4) is 0 Å². The van der Waals surface area contributed by atoms with Crippen molar-refractivity contribution in [2.75, 3.05) is 5.32 Å². The molecule has 76 valence electrons. The van der Waals surface area contributed by atoms with Gasteiger partial charge in [-0.1, -0.05) is 12.1 Å². The molecule has 4 heteroatoms. The van der Waals surface area contributed by atoms with Crippen molar-refractivity contribution in [1.29, 1.82) is 0 Å². The second kappa shape index (κ2) is 3.82. The molecule has 1 aliphatic rings. The average Bonchev–Trinajstić information content (AvgIpc) is 2.70. The maximum Gasteiger partial charge on any atom is 0.234 e. The van der Waals surface area contributed by atoms with Crippen LogP contribution in [0.4, 0.5) is 5.88 Å². The number of hydrogen-bond donors (Lipinski definition) is 1. The van der Waals surface area contributed by atoms with Crippen LogP contribution in [0.1, 0.15) is 37.4 Å². The molecule has 0 saturated carbocycles. The van der Waals surface area contributed by atoms with Gasteiger partial charge in [0.25, 0.3) is 0 Å². The van der Waals surface area contributed by atoms with Gasteiger partial charge >= 0.3 is 0 Å². The maximum atomic E-state index is 11.3. The summed E-state index contributed by atoms with van der Waals surface area (Å²) in [5, 5.41) is 6.68. The minimum atomic E-state index is 0.0124. The number of amides is 1. The Labute approximate surface area is 82.7 Å². The molecule has 0 unspecified atom stereocenters. The van der Waals surface area contributed by atoms with Gasteiger partial charge in [0.15, 0.2) is 0 Å². The Hall–Kier alpha value is -1.32. The lowest BCUT2D eigenvalue weighted by Crippen LogP contribution is -2.10. The van der Waals surface area contributed by atoms with Gasteiger partial charge in [-0.25, -0.2) is 0 Å². The summed E-state index contributed by atoms with van der Waals surface area (Å²) in [5.74, 6) is 0.578. The number of hydrogen-bond acceptors (Lipinski definition) is 3. The maximum absolute atomic E-state index is 11.3. The third-order valence-corrected chi connectivity index (χ3v) is 2.44. The molecule has 0 bridgehead atoms. The van der Waals surface area contributed by atoms with Gasteiger partial charge in [-0.2, -0.15) is 0 Å².